The molecule has 43 heavy (non-hydrogen) atoms. The van der Waals surface area contributed by atoms with Gasteiger partial charge in [0.15, 0.2) is 17.3 Å². The molecule has 2 aliphatic heterocycles. The van der Waals surface area contributed by atoms with Crippen LogP contribution in [0.25, 0.3) is 6.08 Å². The number of carbonyl (C=O) groups is 1. The van der Waals surface area contributed by atoms with Gasteiger partial charge in [-0.2, -0.15) is 15.1 Å². The number of hydrogen-bond acceptors (Lipinski definition) is 8. The first kappa shape index (κ1) is 29.9. The zero-order valence-corrected chi connectivity index (χ0v) is 25.4. The van der Waals surface area contributed by atoms with Crippen molar-refractivity contribution in [2.75, 3.05) is 26.4 Å². The number of amides is 1. The molecule has 0 aliphatic carbocycles. The van der Waals surface area contributed by atoms with Crippen LogP contribution in [-0.2, 0) is 4.79 Å². The molecule has 0 aromatic heterocycles. The van der Waals surface area contributed by atoms with Gasteiger partial charge in [0, 0.05) is 0 Å². The van der Waals surface area contributed by atoms with Crippen LogP contribution in [0.3, 0.4) is 0 Å². The fourth-order valence-electron chi connectivity index (χ4n) is 4.47. The fraction of sp³-hybridized carbons (Fsp3) is 0.273. The smallest absolute Gasteiger partial charge is 0.283 e. The Kier molecular flexibility index (Phi) is 9.46. The lowest BCUT2D eigenvalue weighted by molar-refractivity contribution is -0.114. The molecule has 0 spiro atoms. The number of rotatable bonds is 12. The molecule has 0 fully saturated rings. The number of aliphatic imine (C=N–C) groups is 1. The second kappa shape index (κ2) is 13.6. The minimum atomic E-state index is -0.503. The molecule has 0 bridgehead atoms. The quantitative estimate of drug-likeness (QED) is 0.183. The summed E-state index contributed by atoms with van der Waals surface area (Å²) in [6.45, 7) is 9.56. The van der Waals surface area contributed by atoms with E-state index in [1.165, 1.54) is 16.8 Å². The van der Waals surface area contributed by atoms with Gasteiger partial charge in [-0.15, -0.1) is 0 Å². The highest BCUT2D eigenvalue weighted by Gasteiger charge is 2.35. The summed E-state index contributed by atoms with van der Waals surface area (Å²) in [5.41, 5.74) is 3.10. The number of benzene rings is 3. The molecule has 0 radical (unpaired) electrons. The maximum Gasteiger partial charge on any atom is 0.283 e. The van der Waals surface area contributed by atoms with Gasteiger partial charge in [0.1, 0.15) is 36.4 Å². The Bertz CT molecular complexity index is 1600. The molecule has 1 N–H and O–H groups in total. The van der Waals surface area contributed by atoms with Crippen molar-refractivity contribution in [3.8, 4) is 23.0 Å². The van der Waals surface area contributed by atoms with Crippen molar-refractivity contribution in [2.24, 2.45) is 10.1 Å². The Balaban J connectivity index is 1.25. The molecule has 222 valence electrons. The minimum absolute atomic E-state index is 0.0513. The summed E-state index contributed by atoms with van der Waals surface area (Å²) in [4.78, 5) is 17.1. The molecule has 2 aliphatic rings. The van der Waals surface area contributed by atoms with Gasteiger partial charge in [-0.1, -0.05) is 50.2 Å². The van der Waals surface area contributed by atoms with Gasteiger partial charge in [0.05, 0.1) is 12.2 Å². The lowest BCUT2D eigenvalue weighted by atomic mass is 10.0. The highest BCUT2D eigenvalue weighted by molar-refractivity contribution is 8.27. The van der Waals surface area contributed by atoms with E-state index in [1.54, 1.807) is 18.2 Å². The van der Waals surface area contributed by atoms with Gasteiger partial charge >= 0.3 is 0 Å². The van der Waals surface area contributed by atoms with E-state index in [-0.39, 0.29) is 18.0 Å². The molecule has 0 atom stereocenters. The number of fused-ring (bicyclic) bond motifs is 1. The van der Waals surface area contributed by atoms with Crippen LogP contribution >= 0.6 is 11.8 Å². The van der Waals surface area contributed by atoms with E-state index < -0.39 is 5.91 Å². The summed E-state index contributed by atoms with van der Waals surface area (Å²) in [7, 11) is 0. The van der Waals surface area contributed by atoms with Crippen molar-refractivity contribution >= 4 is 39.8 Å². The lowest BCUT2D eigenvalue weighted by Crippen LogP contribution is -2.35. The molecule has 3 aromatic rings. The minimum Gasteiger partial charge on any atom is -0.490 e. The van der Waals surface area contributed by atoms with Crippen molar-refractivity contribution < 1.29 is 23.7 Å². The van der Waals surface area contributed by atoms with Crippen LogP contribution < -0.4 is 18.9 Å². The molecular formula is C33H34N4O5S. The van der Waals surface area contributed by atoms with E-state index in [4.69, 9.17) is 24.4 Å². The largest absolute Gasteiger partial charge is 0.490 e. The molecule has 10 heteroatoms. The van der Waals surface area contributed by atoms with Crippen molar-refractivity contribution in [3.63, 3.8) is 0 Å². The molecule has 0 saturated heterocycles. The van der Waals surface area contributed by atoms with Gasteiger partial charge in [-0.25, -0.2) is 0 Å². The summed E-state index contributed by atoms with van der Waals surface area (Å²) >= 11 is 1.22. The molecule has 0 unspecified atom stereocenters. The third-order valence-corrected chi connectivity index (χ3v) is 7.45. The third kappa shape index (κ3) is 7.26. The summed E-state index contributed by atoms with van der Waals surface area (Å²) in [6.07, 6.45) is 1.62. The Labute approximate surface area is 255 Å². The number of amidine groups is 2. The number of aryl methyl sites for hydroxylation is 1. The van der Waals surface area contributed by atoms with Crippen LogP contribution in [-0.4, -0.2) is 53.4 Å². The number of nitrogens with one attached hydrogen (secondary N) is 1. The van der Waals surface area contributed by atoms with Crippen LogP contribution in [0.2, 0.25) is 0 Å². The lowest BCUT2D eigenvalue weighted by Gasteiger charge is -2.20. The molecule has 9 nitrogen and oxygen atoms in total. The predicted molar refractivity (Wildman–Crippen MR) is 171 cm³/mol. The summed E-state index contributed by atoms with van der Waals surface area (Å²) < 4.78 is 23.7. The number of hydrogen-bond donors (Lipinski definition) is 1. The zero-order valence-electron chi connectivity index (χ0n) is 24.6. The Morgan fingerprint density at radius 1 is 0.930 bits per heavy atom. The topological polar surface area (TPSA) is 106 Å². The zero-order chi connectivity index (χ0) is 30.3. The standard InChI is InChI=1S/C33H34N4O5S/c1-5-39-29-19-23(12-14-27(29)40-15-16-41-28-17-22(4)11-13-25(28)21(2)3)18-26-31(34)37-33(35-32(26)38)43-30(36-37)20-42-24-9-7-6-8-10-24/h6-14,17-19,21,34H,5,15-16,20H2,1-4H3/b26-18-,34-31?. The van der Waals surface area contributed by atoms with E-state index in [0.29, 0.717) is 58.8 Å². The van der Waals surface area contributed by atoms with E-state index in [9.17, 15) is 4.79 Å². The van der Waals surface area contributed by atoms with E-state index >= 15 is 0 Å². The first-order valence-corrected chi connectivity index (χ1v) is 14.9. The fourth-order valence-corrected chi connectivity index (χ4v) is 5.27. The highest BCUT2D eigenvalue weighted by atomic mass is 32.2. The summed E-state index contributed by atoms with van der Waals surface area (Å²) in [6, 6.07) is 21.0. The van der Waals surface area contributed by atoms with Crippen LogP contribution in [0.15, 0.2) is 82.4 Å². The molecule has 2 heterocycles. The maximum atomic E-state index is 12.9. The van der Waals surface area contributed by atoms with Crippen molar-refractivity contribution in [1.29, 1.82) is 5.41 Å². The summed E-state index contributed by atoms with van der Waals surface area (Å²) in [5, 5.41) is 15.4. The van der Waals surface area contributed by atoms with Crippen LogP contribution in [0.4, 0.5) is 0 Å². The van der Waals surface area contributed by atoms with Gasteiger partial charge in [0.2, 0.25) is 5.17 Å². The number of hydrazone groups is 1. The van der Waals surface area contributed by atoms with E-state index in [0.717, 1.165) is 16.9 Å². The van der Waals surface area contributed by atoms with Crippen molar-refractivity contribution in [3.05, 3.63) is 89.0 Å². The normalized spacial score (nSPS) is 15.4. The average Bonchev–Trinajstić information content (AvgIpc) is 3.41. The van der Waals surface area contributed by atoms with E-state index in [1.807, 2.05) is 56.3 Å². The van der Waals surface area contributed by atoms with Gasteiger partial charge in [-0.05, 0) is 84.6 Å². The third-order valence-electron chi connectivity index (χ3n) is 6.57. The average molecular weight is 599 g/mol. The highest BCUT2D eigenvalue weighted by Crippen LogP contribution is 2.32. The first-order valence-electron chi connectivity index (χ1n) is 14.1. The maximum absolute atomic E-state index is 12.9. The Morgan fingerprint density at radius 2 is 1.70 bits per heavy atom. The van der Waals surface area contributed by atoms with Crippen molar-refractivity contribution in [1.82, 2.24) is 5.01 Å². The molecular weight excluding hydrogens is 564 g/mol. The number of thioether (sulfide) groups is 1. The number of para-hydroxylation sites is 1. The van der Waals surface area contributed by atoms with Crippen LogP contribution in [0, 0.1) is 12.3 Å². The first-order chi connectivity index (χ1) is 20.8. The van der Waals surface area contributed by atoms with E-state index in [2.05, 4.69) is 36.1 Å². The van der Waals surface area contributed by atoms with Crippen molar-refractivity contribution in [2.45, 2.75) is 33.6 Å². The number of carbonyl (C=O) groups excluding carboxylic acids is 1. The van der Waals surface area contributed by atoms with Gasteiger partial charge in [0.25, 0.3) is 5.91 Å². The molecule has 3 aromatic carbocycles. The number of nitrogens with zero attached hydrogens (tertiary/aromatic N) is 3. The second-order valence-electron chi connectivity index (χ2n) is 10.1. The van der Waals surface area contributed by atoms with Gasteiger partial charge < -0.3 is 18.9 Å². The Hall–Kier alpha value is -4.57. The molecule has 0 saturated carbocycles. The summed E-state index contributed by atoms with van der Waals surface area (Å²) in [5.74, 6) is 2.47. The number of ether oxygens (including phenoxy) is 4. The second-order valence-corrected chi connectivity index (χ2v) is 11.2. The Morgan fingerprint density at radius 3 is 2.44 bits per heavy atom. The predicted octanol–water partition coefficient (Wildman–Crippen LogP) is 6.67. The van der Waals surface area contributed by atoms with Gasteiger partial charge in [-0.3, -0.25) is 10.2 Å². The van der Waals surface area contributed by atoms with Crippen LogP contribution in [0.1, 0.15) is 43.4 Å². The molecule has 5 rings (SSSR count). The molecule has 1 amide bonds. The SMILES string of the molecule is CCOc1cc(/C=C2/C(=N)N3N=C(COc4ccccc4)SC3=NC2=O)ccc1OCCOc1cc(C)ccc1C(C)C. The monoisotopic (exact) mass is 598 g/mol. The van der Waals surface area contributed by atoms with Crippen LogP contribution in [0.5, 0.6) is 23.0 Å².